The number of halogens is 1. The van der Waals surface area contributed by atoms with Gasteiger partial charge in [-0.05, 0) is 70.1 Å². The van der Waals surface area contributed by atoms with E-state index >= 15 is 0 Å². The predicted molar refractivity (Wildman–Crippen MR) is 125 cm³/mol. The molecule has 1 aliphatic carbocycles. The molecule has 4 atom stereocenters. The fourth-order valence-corrected chi connectivity index (χ4v) is 3.81. The number of aliphatic hydroxyl groups excluding tert-OH is 1. The molecule has 2 fully saturated rings. The molecule has 1 saturated heterocycles. The fourth-order valence-electron chi connectivity index (χ4n) is 3.81. The van der Waals surface area contributed by atoms with E-state index in [2.05, 4.69) is 0 Å². The summed E-state index contributed by atoms with van der Waals surface area (Å²) >= 11 is 0. The van der Waals surface area contributed by atoms with Gasteiger partial charge >= 0.3 is 6.09 Å². The van der Waals surface area contributed by atoms with Crippen LogP contribution < -0.4 is 10.5 Å². The van der Waals surface area contributed by atoms with Crippen LogP contribution in [0.3, 0.4) is 0 Å². The second-order valence-corrected chi connectivity index (χ2v) is 10.2. The first-order chi connectivity index (χ1) is 16.1. The first kappa shape index (κ1) is 26.7. The van der Waals surface area contributed by atoms with Gasteiger partial charge in [0.25, 0.3) is 0 Å². The Kier molecular flexibility index (Phi) is 9.14. The average molecular weight is 483 g/mol. The molecule has 0 bridgehead atoms. The molecule has 1 aromatic rings. The van der Waals surface area contributed by atoms with Gasteiger partial charge in [-0.15, -0.1) is 0 Å². The Hall–Kier alpha value is -1.94. The number of rotatable bonds is 10. The standard InChI is InChI=1S/C25H39FN2O6/c1-5-8-31-19-10-17(9-18(26)12-19)11-20(27)23(29)21-15-33-22(32-14-16-6-7-16)13-28(21)24(30)34-25(2,3)4/h9-10,12,16,20-23,29H,5-8,11,13-15,27H2,1-4H3. The molecule has 3 N–H and O–H groups in total. The predicted octanol–water partition coefficient (Wildman–Crippen LogP) is 3.23. The van der Waals surface area contributed by atoms with E-state index in [1.165, 1.54) is 17.0 Å². The van der Waals surface area contributed by atoms with Crippen molar-refractivity contribution in [2.45, 2.75) is 83.5 Å². The van der Waals surface area contributed by atoms with E-state index in [1.807, 2.05) is 6.92 Å². The molecule has 4 unspecified atom stereocenters. The van der Waals surface area contributed by atoms with Crippen LogP contribution in [0.5, 0.6) is 5.75 Å². The number of nitrogens with zero attached hydrogens (tertiary/aromatic N) is 1. The second kappa shape index (κ2) is 11.7. The van der Waals surface area contributed by atoms with Crippen LogP contribution in [0.25, 0.3) is 0 Å². The molecule has 34 heavy (non-hydrogen) atoms. The minimum Gasteiger partial charge on any atom is -0.493 e. The molecule has 8 nitrogen and oxygen atoms in total. The Balaban J connectivity index is 1.68. The lowest BCUT2D eigenvalue weighted by atomic mass is 9.95. The molecule has 0 aromatic heterocycles. The summed E-state index contributed by atoms with van der Waals surface area (Å²) in [5, 5.41) is 11.1. The highest BCUT2D eigenvalue weighted by atomic mass is 19.1. The number of ether oxygens (including phenoxy) is 4. The van der Waals surface area contributed by atoms with Crippen LogP contribution >= 0.6 is 0 Å². The molecule has 0 radical (unpaired) electrons. The summed E-state index contributed by atoms with van der Waals surface area (Å²) in [6.07, 6.45) is 1.01. The summed E-state index contributed by atoms with van der Waals surface area (Å²) in [5.41, 5.74) is 6.23. The number of nitrogens with two attached hydrogens (primary N) is 1. The van der Waals surface area contributed by atoms with Gasteiger partial charge in [0, 0.05) is 12.1 Å². The molecule has 1 aliphatic heterocycles. The van der Waals surface area contributed by atoms with Crippen molar-refractivity contribution in [3.8, 4) is 5.75 Å². The van der Waals surface area contributed by atoms with E-state index in [9.17, 15) is 14.3 Å². The lowest BCUT2D eigenvalue weighted by Gasteiger charge is -2.42. The Morgan fingerprint density at radius 1 is 1.32 bits per heavy atom. The van der Waals surface area contributed by atoms with Crippen molar-refractivity contribution in [1.29, 1.82) is 0 Å². The SMILES string of the molecule is CCCOc1cc(F)cc(CC(N)C(O)C2COC(OCC3CC3)CN2C(=O)OC(C)(C)C)c1. The number of morpholine rings is 1. The number of carbonyl (C=O) groups excluding carboxylic acids is 1. The van der Waals surface area contributed by atoms with Gasteiger partial charge in [-0.25, -0.2) is 9.18 Å². The average Bonchev–Trinajstić information content (AvgIpc) is 3.58. The Labute approximate surface area is 201 Å². The third-order valence-electron chi connectivity index (χ3n) is 5.75. The van der Waals surface area contributed by atoms with Crippen molar-refractivity contribution in [3.05, 3.63) is 29.6 Å². The summed E-state index contributed by atoms with van der Waals surface area (Å²) < 4.78 is 36.8. The third-order valence-corrected chi connectivity index (χ3v) is 5.75. The smallest absolute Gasteiger partial charge is 0.410 e. The highest BCUT2D eigenvalue weighted by Crippen LogP contribution is 2.30. The normalized spacial score (nSPS) is 22.9. The molecule has 1 amide bonds. The monoisotopic (exact) mass is 482 g/mol. The molecule has 2 aliphatic rings. The summed E-state index contributed by atoms with van der Waals surface area (Å²) in [6.45, 7) is 8.57. The summed E-state index contributed by atoms with van der Waals surface area (Å²) in [7, 11) is 0. The first-order valence-electron chi connectivity index (χ1n) is 12.1. The number of aliphatic hydroxyl groups is 1. The Bertz CT molecular complexity index is 813. The quantitative estimate of drug-likeness (QED) is 0.528. The maximum Gasteiger partial charge on any atom is 0.410 e. The molecular weight excluding hydrogens is 443 g/mol. The van der Waals surface area contributed by atoms with E-state index in [4.69, 9.17) is 24.7 Å². The lowest BCUT2D eigenvalue weighted by Crippen LogP contribution is -2.61. The van der Waals surface area contributed by atoms with Crippen LogP contribution in [0, 0.1) is 11.7 Å². The third kappa shape index (κ3) is 8.08. The fraction of sp³-hybridized carbons (Fsp3) is 0.720. The van der Waals surface area contributed by atoms with E-state index in [1.54, 1.807) is 26.8 Å². The van der Waals surface area contributed by atoms with Crippen LogP contribution in [-0.2, 0) is 20.6 Å². The topological polar surface area (TPSA) is 103 Å². The van der Waals surface area contributed by atoms with Gasteiger partial charge in [0.1, 0.15) is 17.2 Å². The van der Waals surface area contributed by atoms with Gasteiger partial charge in [0.15, 0.2) is 6.29 Å². The Morgan fingerprint density at radius 2 is 2.06 bits per heavy atom. The molecule has 1 aromatic carbocycles. The van der Waals surface area contributed by atoms with Gasteiger partial charge in [0.05, 0.1) is 38.5 Å². The largest absolute Gasteiger partial charge is 0.493 e. The van der Waals surface area contributed by atoms with Crippen molar-refractivity contribution >= 4 is 6.09 Å². The van der Waals surface area contributed by atoms with Gasteiger partial charge in [-0.3, -0.25) is 4.90 Å². The van der Waals surface area contributed by atoms with E-state index in [0.717, 1.165) is 19.3 Å². The van der Waals surface area contributed by atoms with E-state index in [0.29, 0.717) is 30.4 Å². The zero-order valence-electron chi connectivity index (χ0n) is 20.7. The lowest BCUT2D eigenvalue weighted by molar-refractivity contribution is -0.203. The van der Waals surface area contributed by atoms with Crippen LogP contribution in [-0.4, -0.2) is 72.5 Å². The number of carbonyl (C=O) groups is 1. The van der Waals surface area contributed by atoms with Crippen molar-refractivity contribution in [3.63, 3.8) is 0 Å². The zero-order chi connectivity index (χ0) is 24.9. The van der Waals surface area contributed by atoms with Crippen LogP contribution in [0.1, 0.15) is 52.5 Å². The number of benzene rings is 1. The van der Waals surface area contributed by atoms with Crippen LogP contribution in [0.2, 0.25) is 0 Å². The van der Waals surface area contributed by atoms with Crippen molar-refractivity contribution in [2.24, 2.45) is 11.7 Å². The van der Waals surface area contributed by atoms with Crippen molar-refractivity contribution < 1.29 is 33.2 Å². The summed E-state index contributed by atoms with van der Waals surface area (Å²) in [4.78, 5) is 14.4. The maximum absolute atomic E-state index is 14.1. The number of amides is 1. The van der Waals surface area contributed by atoms with Crippen molar-refractivity contribution in [1.82, 2.24) is 4.90 Å². The highest BCUT2D eigenvalue weighted by Gasteiger charge is 2.41. The molecule has 1 heterocycles. The highest BCUT2D eigenvalue weighted by molar-refractivity contribution is 5.69. The van der Waals surface area contributed by atoms with Crippen LogP contribution in [0.4, 0.5) is 9.18 Å². The maximum atomic E-state index is 14.1. The zero-order valence-corrected chi connectivity index (χ0v) is 20.7. The van der Waals surface area contributed by atoms with Gasteiger partial charge in [0.2, 0.25) is 0 Å². The summed E-state index contributed by atoms with van der Waals surface area (Å²) in [6, 6.07) is 2.91. The molecule has 0 spiro atoms. The van der Waals surface area contributed by atoms with E-state index < -0.39 is 42.0 Å². The van der Waals surface area contributed by atoms with Crippen molar-refractivity contribution in [2.75, 3.05) is 26.4 Å². The molecule has 3 rings (SSSR count). The number of hydrogen-bond acceptors (Lipinski definition) is 7. The van der Waals surface area contributed by atoms with Crippen LogP contribution in [0.15, 0.2) is 18.2 Å². The second-order valence-electron chi connectivity index (χ2n) is 10.2. The molecule has 192 valence electrons. The van der Waals surface area contributed by atoms with Gasteiger partial charge in [-0.1, -0.05) is 6.92 Å². The Morgan fingerprint density at radius 3 is 2.71 bits per heavy atom. The summed E-state index contributed by atoms with van der Waals surface area (Å²) in [5.74, 6) is 0.538. The van der Waals surface area contributed by atoms with E-state index in [-0.39, 0.29) is 19.6 Å². The van der Waals surface area contributed by atoms with Gasteiger partial charge in [-0.2, -0.15) is 0 Å². The molecule has 1 saturated carbocycles. The van der Waals surface area contributed by atoms with Gasteiger partial charge < -0.3 is 29.8 Å². The minimum absolute atomic E-state index is 0.0530. The molecular formula is C25H39FN2O6. The first-order valence-corrected chi connectivity index (χ1v) is 12.1. The minimum atomic E-state index is -1.12. The number of hydrogen-bond donors (Lipinski definition) is 2. The molecule has 9 heteroatoms.